The van der Waals surface area contributed by atoms with E-state index in [0.717, 1.165) is 53.3 Å². The van der Waals surface area contributed by atoms with Gasteiger partial charge in [0.2, 0.25) is 5.91 Å². The number of hydrogen-bond donors (Lipinski definition) is 2. The van der Waals surface area contributed by atoms with Crippen LogP contribution in [0.4, 0.5) is 19.0 Å². The quantitative estimate of drug-likeness (QED) is 0.612. The largest absolute Gasteiger partial charge is 0.417 e. The number of fused-ring (bicyclic) bond motifs is 1. The summed E-state index contributed by atoms with van der Waals surface area (Å²) >= 11 is 0. The molecule has 1 aromatic carbocycles. The van der Waals surface area contributed by atoms with Crippen molar-refractivity contribution in [3.05, 3.63) is 65.0 Å². The molecule has 7 nitrogen and oxygen atoms in total. The second-order valence-corrected chi connectivity index (χ2v) is 8.88. The summed E-state index contributed by atoms with van der Waals surface area (Å²) in [6, 6.07) is 8.73. The number of alkyl halides is 3. The molecular weight excluding hydrogens is 445 g/mol. The van der Waals surface area contributed by atoms with Crippen molar-refractivity contribution < 1.29 is 18.0 Å². The van der Waals surface area contributed by atoms with Gasteiger partial charge in [0.15, 0.2) is 0 Å². The van der Waals surface area contributed by atoms with Crippen LogP contribution >= 0.6 is 0 Å². The zero-order chi connectivity index (χ0) is 23.9. The van der Waals surface area contributed by atoms with Crippen molar-refractivity contribution in [1.29, 1.82) is 0 Å². The second kappa shape index (κ2) is 8.75. The molecule has 178 valence electrons. The minimum atomic E-state index is -4.38. The Bertz CT molecular complexity index is 1190. The molecule has 1 atom stereocenters. The summed E-state index contributed by atoms with van der Waals surface area (Å²) < 4.78 is 38.5. The Balaban J connectivity index is 1.26. The number of pyridine rings is 1. The highest BCUT2D eigenvalue weighted by Crippen LogP contribution is 2.31. The van der Waals surface area contributed by atoms with Crippen molar-refractivity contribution >= 4 is 11.7 Å². The molecular formula is C24H25F3N6O. The lowest BCUT2D eigenvalue weighted by molar-refractivity contribution is -0.137. The van der Waals surface area contributed by atoms with Crippen LogP contribution in [0.25, 0.3) is 11.3 Å². The number of piperazine rings is 1. The molecule has 0 aliphatic carbocycles. The first kappa shape index (κ1) is 22.4. The maximum atomic E-state index is 12.8. The van der Waals surface area contributed by atoms with Crippen LogP contribution in [0.1, 0.15) is 29.2 Å². The van der Waals surface area contributed by atoms with Gasteiger partial charge in [-0.15, -0.1) is 0 Å². The molecule has 0 bridgehead atoms. The lowest BCUT2D eigenvalue weighted by Crippen LogP contribution is -2.51. The van der Waals surface area contributed by atoms with Gasteiger partial charge in [0.25, 0.3) is 0 Å². The molecule has 1 amide bonds. The van der Waals surface area contributed by atoms with Gasteiger partial charge in [0.05, 0.1) is 17.7 Å². The van der Waals surface area contributed by atoms with E-state index in [0.29, 0.717) is 31.9 Å². The van der Waals surface area contributed by atoms with Crippen molar-refractivity contribution in [1.82, 2.24) is 25.4 Å². The van der Waals surface area contributed by atoms with E-state index < -0.39 is 11.7 Å². The highest BCUT2D eigenvalue weighted by atomic mass is 19.4. The summed E-state index contributed by atoms with van der Waals surface area (Å²) in [6.45, 7) is 5.47. The standard InChI is InChI=1S/C24H25F3N6O/c1-15-13-32(6-7-33(15)21-5-4-20(12-28-21)24(25,26)27)14-19-11-30-31-23(19)17-3-2-16-9-22(34)29-10-18(16)8-17/h2-5,8,11-12,15H,6-7,9-10,13-14H2,1H3,(H,29,34)(H,30,31). The third kappa shape index (κ3) is 4.50. The van der Waals surface area contributed by atoms with E-state index in [9.17, 15) is 18.0 Å². The number of benzene rings is 1. The Morgan fingerprint density at radius 1 is 1.15 bits per heavy atom. The molecule has 1 fully saturated rings. The van der Waals surface area contributed by atoms with Gasteiger partial charge in [-0.2, -0.15) is 18.3 Å². The van der Waals surface area contributed by atoms with Crippen molar-refractivity contribution in [2.75, 3.05) is 24.5 Å². The SMILES string of the molecule is CC1CN(Cc2c[nH]nc2-c2ccc3c(c2)CNC(=O)C3)CCN1c1ccc(C(F)(F)F)cn1. The third-order valence-corrected chi connectivity index (χ3v) is 6.50. The van der Waals surface area contributed by atoms with E-state index in [-0.39, 0.29) is 11.9 Å². The van der Waals surface area contributed by atoms with E-state index in [2.05, 4.69) is 38.4 Å². The van der Waals surface area contributed by atoms with E-state index >= 15 is 0 Å². The number of nitrogens with zero attached hydrogens (tertiary/aromatic N) is 4. The zero-order valence-electron chi connectivity index (χ0n) is 18.7. The van der Waals surface area contributed by atoms with Crippen LogP contribution in [-0.2, 0) is 30.5 Å². The molecule has 2 N–H and O–H groups in total. The van der Waals surface area contributed by atoms with Gasteiger partial charge in [-0.3, -0.25) is 14.8 Å². The molecule has 2 aromatic heterocycles. The Kier molecular flexibility index (Phi) is 5.76. The normalized spacial score (nSPS) is 19.1. The number of anilines is 1. The van der Waals surface area contributed by atoms with Gasteiger partial charge in [-0.1, -0.05) is 12.1 Å². The number of carbonyl (C=O) groups is 1. The van der Waals surface area contributed by atoms with E-state index in [4.69, 9.17) is 0 Å². The van der Waals surface area contributed by atoms with Crippen molar-refractivity contribution in [3.63, 3.8) is 0 Å². The summed E-state index contributed by atoms with van der Waals surface area (Å²) in [6.07, 6.45) is -1.18. The number of nitrogens with one attached hydrogen (secondary N) is 2. The molecule has 0 spiro atoms. The average molecular weight is 470 g/mol. The first-order valence-electron chi connectivity index (χ1n) is 11.2. The van der Waals surface area contributed by atoms with Crippen LogP contribution in [-0.4, -0.2) is 51.7 Å². The minimum absolute atomic E-state index is 0.0421. The number of aromatic amines is 1. The van der Waals surface area contributed by atoms with Crippen LogP contribution in [0.15, 0.2) is 42.7 Å². The summed E-state index contributed by atoms with van der Waals surface area (Å²) in [5, 5.41) is 10.3. The Morgan fingerprint density at radius 2 is 2.00 bits per heavy atom. The summed E-state index contributed by atoms with van der Waals surface area (Å²) in [5.41, 5.74) is 4.39. The molecule has 0 radical (unpaired) electrons. The van der Waals surface area contributed by atoms with Crippen LogP contribution in [0.3, 0.4) is 0 Å². The molecule has 2 aliphatic heterocycles. The fourth-order valence-electron chi connectivity index (χ4n) is 4.71. The molecule has 2 aliphatic rings. The van der Waals surface area contributed by atoms with E-state index in [1.807, 2.05) is 23.2 Å². The van der Waals surface area contributed by atoms with Crippen molar-refractivity contribution in [3.8, 4) is 11.3 Å². The summed E-state index contributed by atoms with van der Waals surface area (Å²) in [5.74, 6) is 0.603. The van der Waals surface area contributed by atoms with Crippen LogP contribution in [0.2, 0.25) is 0 Å². The Labute approximate surface area is 195 Å². The van der Waals surface area contributed by atoms with Gasteiger partial charge in [-0.05, 0) is 36.2 Å². The summed E-state index contributed by atoms with van der Waals surface area (Å²) in [4.78, 5) is 20.0. The number of halogens is 3. The van der Waals surface area contributed by atoms with Gasteiger partial charge in [0, 0.05) is 62.3 Å². The smallest absolute Gasteiger partial charge is 0.352 e. The Hall–Kier alpha value is -3.40. The van der Waals surface area contributed by atoms with Crippen LogP contribution < -0.4 is 10.2 Å². The number of hydrogen-bond acceptors (Lipinski definition) is 5. The average Bonchev–Trinajstić information content (AvgIpc) is 3.26. The van der Waals surface area contributed by atoms with Gasteiger partial charge in [-0.25, -0.2) is 4.98 Å². The first-order chi connectivity index (χ1) is 16.3. The minimum Gasteiger partial charge on any atom is -0.352 e. The lowest BCUT2D eigenvalue weighted by Gasteiger charge is -2.40. The highest BCUT2D eigenvalue weighted by molar-refractivity contribution is 5.81. The second-order valence-electron chi connectivity index (χ2n) is 8.88. The molecule has 4 heterocycles. The van der Waals surface area contributed by atoms with Crippen LogP contribution in [0.5, 0.6) is 0 Å². The van der Waals surface area contributed by atoms with Gasteiger partial charge >= 0.3 is 6.18 Å². The van der Waals surface area contributed by atoms with E-state index in [1.54, 1.807) is 0 Å². The predicted molar refractivity (Wildman–Crippen MR) is 121 cm³/mol. The lowest BCUT2D eigenvalue weighted by atomic mass is 9.96. The van der Waals surface area contributed by atoms with E-state index in [1.165, 1.54) is 6.07 Å². The molecule has 34 heavy (non-hydrogen) atoms. The van der Waals surface area contributed by atoms with Crippen LogP contribution in [0, 0.1) is 0 Å². The van der Waals surface area contributed by atoms with Crippen molar-refractivity contribution in [2.45, 2.75) is 38.7 Å². The number of rotatable bonds is 4. The molecule has 10 heteroatoms. The molecule has 1 unspecified atom stereocenters. The third-order valence-electron chi connectivity index (χ3n) is 6.50. The topological polar surface area (TPSA) is 77.2 Å². The number of amides is 1. The van der Waals surface area contributed by atoms with Gasteiger partial charge < -0.3 is 10.2 Å². The maximum absolute atomic E-state index is 12.8. The predicted octanol–water partition coefficient (Wildman–Crippen LogP) is 3.37. The molecule has 1 saturated heterocycles. The highest BCUT2D eigenvalue weighted by Gasteiger charge is 2.32. The first-order valence-corrected chi connectivity index (χ1v) is 11.2. The monoisotopic (exact) mass is 470 g/mol. The Morgan fingerprint density at radius 3 is 2.74 bits per heavy atom. The fourth-order valence-corrected chi connectivity index (χ4v) is 4.71. The molecule has 3 aromatic rings. The number of aromatic nitrogens is 3. The maximum Gasteiger partial charge on any atom is 0.417 e. The zero-order valence-corrected chi connectivity index (χ0v) is 18.7. The number of carbonyl (C=O) groups excluding carboxylic acids is 1. The van der Waals surface area contributed by atoms with Crippen molar-refractivity contribution in [2.24, 2.45) is 0 Å². The molecule has 5 rings (SSSR count). The summed E-state index contributed by atoms with van der Waals surface area (Å²) in [7, 11) is 0. The number of H-pyrrole nitrogens is 1. The fraction of sp³-hybridized carbons (Fsp3) is 0.375. The molecule has 0 saturated carbocycles. The van der Waals surface area contributed by atoms with Gasteiger partial charge in [0.1, 0.15) is 5.82 Å².